The summed E-state index contributed by atoms with van der Waals surface area (Å²) in [6.07, 6.45) is 20.1. The average molecular weight is 756 g/mol. The minimum Gasteiger partial charge on any atom is -2.00 e. The second-order valence-corrected chi connectivity index (χ2v) is 13.1. The molecule has 1 radical (unpaired) electrons. The van der Waals surface area contributed by atoms with Gasteiger partial charge in [0.1, 0.15) is 0 Å². The second-order valence-electron chi connectivity index (χ2n) is 13.1. The maximum Gasteiger partial charge on any atom is 4.00 e. The molecule has 0 saturated carbocycles. The van der Waals surface area contributed by atoms with Crippen molar-refractivity contribution in [2.75, 3.05) is 52.4 Å². The van der Waals surface area contributed by atoms with Gasteiger partial charge in [-0.1, -0.05) is 107 Å². The summed E-state index contributed by atoms with van der Waals surface area (Å²) in [5.74, 6) is -6.50. The van der Waals surface area contributed by atoms with E-state index in [0.29, 0.717) is 0 Å². The van der Waals surface area contributed by atoms with E-state index in [1.807, 2.05) is 0 Å². The molecule has 0 bridgehead atoms. The molecular weight excluding hydrogens is 679 g/mol. The zero-order chi connectivity index (χ0) is 37.7. The van der Waals surface area contributed by atoms with Crippen LogP contribution < -0.4 is 20.4 Å². The van der Waals surface area contributed by atoms with E-state index in [1.165, 1.54) is 164 Å². The fraction of sp³-hybridized carbons (Fsp3) is 0.895. The Hall–Kier alpha value is -1.66. The van der Waals surface area contributed by atoms with Crippen molar-refractivity contribution in [3.63, 3.8) is 0 Å². The first kappa shape index (κ1) is 60.4. The molecule has 0 saturated heterocycles. The Balaban J connectivity index is -0.000000137. The molecule has 0 aliphatic heterocycles. The van der Waals surface area contributed by atoms with Crippen LogP contribution in [0.25, 0.3) is 0 Å². The molecule has 0 aliphatic carbocycles. The van der Waals surface area contributed by atoms with Crippen molar-refractivity contribution in [1.82, 2.24) is 0 Å². The first-order chi connectivity index (χ1) is 22.7. The Morgan fingerprint density at radius 1 is 0.340 bits per heavy atom. The van der Waals surface area contributed by atoms with Crippen molar-refractivity contribution in [2.24, 2.45) is 0 Å². The van der Waals surface area contributed by atoms with E-state index in [0.717, 1.165) is 0 Å². The minimum atomic E-state index is -1.63. The largest absolute Gasteiger partial charge is 4.00 e. The molecule has 50 heavy (non-hydrogen) atoms. The van der Waals surface area contributed by atoms with Crippen LogP contribution in [0.5, 0.6) is 0 Å². The number of rotatable bonds is 28. The summed E-state index contributed by atoms with van der Waals surface area (Å²) in [5.41, 5.74) is 0. The summed E-state index contributed by atoms with van der Waals surface area (Å²) in [6, 6.07) is 0. The number of carbonyl (C=O) groups is 4. The average Bonchev–Trinajstić information content (AvgIpc) is 3.03. The third kappa shape index (κ3) is 44.4. The molecule has 0 aromatic rings. The van der Waals surface area contributed by atoms with Crippen LogP contribution in [0, 0.1) is 0 Å². The van der Waals surface area contributed by atoms with E-state index in [1.54, 1.807) is 0 Å². The predicted molar refractivity (Wildman–Crippen MR) is 189 cm³/mol. The Kier molecular flexibility index (Phi) is 52.6. The van der Waals surface area contributed by atoms with Crippen LogP contribution >= 0.6 is 0 Å². The molecular formula is C38H76N2O9V. The molecule has 0 N–H and O–H groups in total. The van der Waals surface area contributed by atoms with E-state index < -0.39 is 36.7 Å². The zero-order valence-electron chi connectivity index (χ0n) is 33.4. The van der Waals surface area contributed by atoms with Gasteiger partial charge in [-0.2, -0.15) is 0 Å². The van der Waals surface area contributed by atoms with Gasteiger partial charge >= 0.3 is 18.6 Å². The summed E-state index contributed by atoms with van der Waals surface area (Å²) in [6.45, 7) is 30.0. The van der Waals surface area contributed by atoms with Crippen LogP contribution in [0.4, 0.5) is 0 Å². The summed E-state index contributed by atoms with van der Waals surface area (Å²) in [4.78, 5) is 37.1. The van der Waals surface area contributed by atoms with Gasteiger partial charge in [-0.05, 0) is 51.4 Å². The number of unbranched alkanes of at least 4 members (excludes halogenated alkanes) is 8. The molecule has 0 atom stereocenters. The number of hydrogen-bond donors (Lipinski definition) is 0. The predicted octanol–water partition coefficient (Wildman–Crippen LogP) is 3.64. The summed E-state index contributed by atoms with van der Waals surface area (Å²) in [7, 11) is 0. The van der Waals surface area contributed by atoms with Crippen LogP contribution in [-0.4, -0.2) is 85.2 Å². The normalized spacial score (nSPS) is 10.4. The number of carboxylic acid groups (broad SMARTS) is 4. The van der Waals surface area contributed by atoms with Gasteiger partial charge in [0.2, 0.25) is 0 Å². The first-order valence-corrected chi connectivity index (χ1v) is 19.2. The van der Waals surface area contributed by atoms with Crippen molar-refractivity contribution >= 4 is 23.9 Å². The van der Waals surface area contributed by atoms with Crippen LogP contribution in [0.2, 0.25) is 0 Å². The Morgan fingerprint density at radius 2 is 0.460 bits per heavy atom. The van der Waals surface area contributed by atoms with Crippen molar-refractivity contribution in [1.29, 1.82) is 0 Å². The Bertz CT molecular complexity index is 610. The third-order valence-corrected chi connectivity index (χ3v) is 8.47. The molecule has 0 aromatic heterocycles. The third-order valence-electron chi connectivity index (χ3n) is 8.47. The first-order valence-electron chi connectivity index (χ1n) is 19.2. The number of carbonyl (C=O) groups excluding carboxylic acids is 4. The van der Waals surface area contributed by atoms with Gasteiger partial charge < -0.3 is 54.0 Å². The smallest absolute Gasteiger partial charge is 2.00 e. The van der Waals surface area contributed by atoms with E-state index in [2.05, 4.69) is 55.4 Å². The van der Waals surface area contributed by atoms with Crippen molar-refractivity contribution in [3.05, 3.63) is 0 Å². The molecule has 12 heteroatoms. The molecule has 0 heterocycles. The van der Waals surface area contributed by atoms with E-state index in [-0.39, 0.29) is 24.0 Å². The van der Waals surface area contributed by atoms with Crippen molar-refractivity contribution < 1.29 is 72.6 Å². The van der Waals surface area contributed by atoms with E-state index in [4.69, 9.17) is 0 Å². The molecule has 0 rings (SSSR count). The summed E-state index contributed by atoms with van der Waals surface area (Å²) < 4.78 is 2.84. The van der Waals surface area contributed by atoms with Crippen LogP contribution in [0.1, 0.15) is 171 Å². The fourth-order valence-electron chi connectivity index (χ4n) is 5.53. The molecule has 11 nitrogen and oxygen atoms in total. The maximum atomic E-state index is 9.28. The van der Waals surface area contributed by atoms with Crippen LogP contribution in [-0.2, 0) is 43.2 Å². The number of nitrogens with zero attached hydrogens (tertiary/aromatic N) is 2. The molecule has 0 aromatic carbocycles. The maximum absolute atomic E-state index is 9.28. The number of hydrogen-bond acceptors (Lipinski definition) is 8. The SMILES string of the molecule is CCCC[N+](CCCC)(CCCC)CCCC.CCCC[N+](CCCC)(CCCC)CCCC.O=C([O-])CC(=O)[O-].O=C([O-])CC(=O)[O-].[O-2].[V+4]. The number of aliphatic carboxylic acids is 4. The Morgan fingerprint density at radius 3 is 0.520 bits per heavy atom. The van der Waals surface area contributed by atoms with Gasteiger partial charge in [0, 0.05) is 36.7 Å². The van der Waals surface area contributed by atoms with Gasteiger partial charge in [-0.25, -0.2) is 0 Å². The summed E-state index contributed by atoms with van der Waals surface area (Å²) >= 11 is 0. The molecule has 0 fully saturated rings. The van der Waals surface area contributed by atoms with Crippen molar-refractivity contribution in [3.8, 4) is 0 Å². The van der Waals surface area contributed by atoms with E-state index in [9.17, 15) is 39.6 Å². The van der Waals surface area contributed by atoms with Crippen LogP contribution in [0.3, 0.4) is 0 Å². The number of quaternary nitrogens is 2. The second kappa shape index (κ2) is 43.5. The zero-order valence-corrected chi connectivity index (χ0v) is 34.8. The molecule has 0 amide bonds. The van der Waals surface area contributed by atoms with Gasteiger partial charge in [0.25, 0.3) is 0 Å². The van der Waals surface area contributed by atoms with Crippen LogP contribution in [0.15, 0.2) is 0 Å². The molecule has 0 aliphatic rings. The molecule has 0 spiro atoms. The topological polar surface area (TPSA) is 189 Å². The molecule has 297 valence electrons. The molecule has 0 unspecified atom stereocenters. The Labute approximate surface area is 319 Å². The standard InChI is InChI=1S/2C16H36N.2C3H4O4.O.V/c2*1-5-9-13-17(14-10-6-2,15-11-7-3)16-12-8-4;2*4-2(5)1-3(6)7;;/h2*5-16H2,1-4H3;2*1H2,(H,4,5)(H,6,7);;/q2*+1;;;-2;+4/p-4. The number of carboxylic acids is 4. The van der Waals surface area contributed by atoms with Gasteiger partial charge in [-0.15, -0.1) is 0 Å². The van der Waals surface area contributed by atoms with Gasteiger partial charge in [0.05, 0.1) is 52.4 Å². The van der Waals surface area contributed by atoms with Gasteiger partial charge in [-0.3, -0.25) is 0 Å². The minimum absolute atomic E-state index is 0. The van der Waals surface area contributed by atoms with Gasteiger partial charge in [0.15, 0.2) is 0 Å². The fourth-order valence-corrected chi connectivity index (χ4v) is 5.53. The van der Waals surface area contributed by atoms with E-state index >= 15 is 0 Å². The monoisotopic (exact) mass is 755 g/mol. The summed E-state index contributed by atoms with van der Waals surface area (Å²) in [5, 5.41) is 37.1. The van der Waals surface area contributed by atoms with Crippen molar-refractivity contribution in [2.45, 2.75) is 171 Å². The quantitative estimate of drug-likeness (QED) is 0.0855.